The SMILES string of the molecule is Cn1cc(CCCCC2NCC=CC2c2ccccc2)c2ccccc21. The van der Waals surface area contributed by atoms with Gasteiger partial charge in [-0.1, -0.05) is 67.1 Å². The summed E-state index contributed by atoms with van der Waals surface area (Å²) in [6, 6.07) is 20.2. The van der Waals surface area contributed by atoms with Crippen molar-refractivity contribution in [3.8, 4) is 0 Å². The monoisotopic (exact) mass is 344 g/mol. The van der Waals surface area contributed by atoms with Crippen LogP contribution in [0, 0.1) is 0 Å². The summed E-state index contributed by atoms with van der Waals surface area (Å²) in [6.07, 6.45) is 11.9. The molecule has 1 aromatic heterocycles. The molecule has 4 rings (SSSR count). The highest BCUT2D eigenvalue weighted by atomic mass is 14.9. The van der Waals surface area contributed by atoms with Gasteiger partial charge in [-0.2, -0.15) is 0 Å². The van der Waals surface area contributed by atoms with E-state index < -0.39 is 0 Å². The van der Waals surface area contributed by atoms with Crippen LogP contribution in [0.3, 0.4) is 0 Å². The molecule has 0 radical (unpaired) electrons. The number of aryl methyl sites for hydroxylation is 2. The Hall–Kier alpha value is -2.32. The number of benzene rings is 2. The molecule has 0 saturated heterocycles. The Morgan fingerprint density at radius 2 is 1.81 bits per heavy atom. The molecular weight excluding hydrogens is 316 g/mol. The number of hydrogen-bond acceptors (Lipinski definition) is 1. The maximum Gasteiger partial charge on any atom is 0.0480 e. The second-order valence-electron chi connectivity index (χ2n) is 7.41. The fraction of sp³-hybridized carbons (Fsp3) is 0.333. The smallest absolute Gasteiger partial charge is 0.0480 e. The van der Waals surface area contributed by atoms with E-state index in [0.717, 1.165) is 6.54 Å². The van der Waals surface area contributed by atoms with E-state index in [1.54, 1.807) is 0 Å². The van der Waals surface area contributed by atoms with Gasteiger partial charge < -0.3 is 9.88 Å². The topological polar surface area (TPSA) is 17.0 Å². The highest BCUT2D eigenvalue weighted by Crippen LogP contribution is 2.27. The minimum absolute atomic E-state index is 0.502. The summed E-state index contributed by atoms with van der Waals surface area (Å²) in [7, 11) is 2.15. The maximum absolute atomic E-state index is 3.71. The van der Waals surface area contributed by atoms with Crippen LogP contribution in [0.2, 0.25) is 0 Å². The lowest BCUT2D eigenvalue weighted by atomic mass is 9.86. The Balaban J connectivity index is 1.36. The third kappa shape index (κ3) is 3.61. The van der Waals surface area contributed by atoms with Gasteiger partial charge in [0.05, 0.1) is 0 Å². The first-order valence-electron chi connectivity index (χ1n) is 9.81. The van der Waals surface area contributed by atoms with Crippen molar-refractivity contribution in [3.63, 3.8) is 0 Å². The van der Waals surface area contributed by atoms with Crippen LogP contribution in [0.1, 0.15) is 36.3 Å². The quantitative estimate of drug-likeness (QED) is 0.480. The highest BCUT2D eigenvalue weighted by Gasteiger charge is 2.22. The van der Waals surface area contributed by atoms with Crippen molar-refractivity contribution in [2.75, 3.05) is 6.54 Å². The fourth-order valence-corrected chi connectivity index (χ4v) is 4.30. The second-order valence-corrected chi connectivity index (χ2v) is 7.41. The third-order valence-electron chi connectivity index (χ3n) is 5.65. The molecule has 2 atom stereocenters. The molecule has 0 saturated carbocycles. The third-order valence-corrected chi connectivity index (χ3v) is 5.65. The van der Waals surface area contributed by atoms with Gasteiger partial charge in [-0.25, -0.2) is 0 Å². The zero-order chi connectivity index (χ0) is 17.8. The average Bonchev–Trinajstić information content (AvgIpc) is 3.02. The van der Waals surface area contributed by atoms with Gasteiger partial charge >= 0.3 is 0 Å². The zero-order valence-corrected chi connectivity index (χ0v) is 15.6. The summed E-state index contributed by atoms with van der Waals surface area (Å²) in [4.78, 5) is 0. The van der Waals surface area contributed by atoms with Crippen molar-refractivity contribution in [1.29, 1.82) is 0 Å². The summed E-state index contributed by atoms with van der Waals surface area (Å²) in [5.41, 5.74) is 4.25. The number of nitrogens with zero attached hydrogens (tertiary/aromatic N) is 1. The van der Waals surface area contributed by atoms with Crippen LogP contribution in [0.15, 0.2) is 72.9 Å². The number of unbranched alkanes of at least 4 members (excludes halogenated alkanes) is 1. The molecule has 0 aliphatic carbocycles. The van der Waals surface area contributed by atoms with Gasteiger partial charge in [0.1, 0.15) is 0 Å². The van der Waals surface area contributed by atoms with Crippen LogP contribution >= 0.6 is 0 Å². The first-order valence-corrected chi connectivity index (χ1v) is 9.81. The van der Waals surface area contributed by atoms with Crippen molar-refractivity contribution in [1.82, 2.24) is 9.88 Å². The first-order chi connectivity index (χ1) is 12.8. The van der Waals surface area contributed by atoms with Gasteiger partial charge in [0.2, 0.25) is 0 Å². The van der Waals surface area contributed by atoms with E-state index in [2.05, 4.69) is 89.9 Å². The van der Waals surface area contributed by atoms with Crippen LogP contribution in [0.5, 0.6) is 0 Å². The molecule has 2 nitrogen and oxygen atoms in total. The standard InChI is InChI=1S/C24H28N2/c1-26-18-20(22-13-6-8-16-24(22)26)12-5-7-15-23-21(14-9-17-25-23)19-10-3-2-4-11-19/h2-4,6,8-11,13-14,16,18,21,23,25H,5,7,12,15,17H2,1H3. The molecule has 0 bridgehead atoms. The Labute approximate surface area is 156 Å². The lowest BCUT2D eigenvalue weighted by Gasteiger charge is -2.29. The van der Waals surface area contributed by atoms with Crippen LogP contribution < -0.4 is 5.32 Å². The highest BCUT2D eigenvalue weighted by molar-refractivity contribution is 5.83. The normalized spacial score (nSPS) is 19.9. The van der Waals surface area contributed by atoms with Crippen LogP contribution in [-0.4, -0.2) is 17.2 Å². The number of nitrogens with one attached hydrogen (secondary N) is 1. The Morgan fingerprint density at radius 1 is 1.00 bits per heavy atom. The van der Waals surface area contributed by atoms with Crippen molar-refractivity contribution in [2.45, 2.75) is 37.6 Å². The van der Waals surface area contributed by atoms with Crippen LogP contribution in [0.25, 0.3) is 10.9 Å². The molecular formula is C24H28N2. The summed E-state index contributed by atoms with van der Waals surface area (Å²) >= 11 is 0. The molecule has 3 aromatic rings. The Morgan fingerprint density at radius 3 is 2.69 bits per heavy atom. The fourth-order valence-electron chi connectivity index (χ4n) is 4.30. The number of rotatable bonds is 6. The lowest BCUT2D eigenvalue weighted by Crippen LogP contribution is -2.37. The van der Waals surface area contributed by atoms with Gasteiger partial charge in [0.25, 0.3) is 0 Å². The maximum atomic E-state index is 3.71. The van der Waals surface area contributed by atoms with Gasteiger partial charge in [0, 0.05) is 42.7 Å². The van der Waals surface area contributed by atoms with E-state index in [1.165, 1.54) is 47.7 Å². The molecule has 1 aliphatic heterocycles. The van der Waals surface area contributed by atoms with Crippen molar-refractivity contribution < 1.29 is 0 Å². The van der Waals surface area contributed by atoms with E-state index >= 15 is 0 Å². The first kappa shape index (κ1) is 17.1. The van der Waals surface area contributed by atoms with Gasteiger partial charge in [-0.15, -0.1) is 0 Å². The zero-order valence-electron chi connectivity index (χ0n) is 15.6. The van der Waals surface area contributed by atoms with Gasteiger partial charge in [-0.05, 0) is 36.5 Å². The van der Waals surface area contributed by atoms with E-state index in [0.29, 0.717) is 12.0 Å². The Kier molecular flexibility index (Phi) is 5.21. The van der Waals surface area contributed by atoms with E-state index in [1.807, 2.05) is 0 Å². The number of para-hydroxylation sites is 1. The predicted octanol–water partition coefficient (Wildman–Crippen LogP) is 5.20. The van der Waals surface area contributed by atoms with E-state index in [9.17, 15) is 0 Å². The van der Waals surface area contributed by atoms with Gasteiger partial charge in [-0.3, -0.25) is 0 Å². The number of aromatic nitrogens is 1. The van der Waals surface area contributed by atoms with Gasteiger partial charge in [0.15, 0.2) is 0 Å². The molecule has 0 spiro atoms. The summed E-state index contributed by atoms with van der Waals surface area (Å²) in [6.45, 7) is 0.997. The van der Waals surface area contributed by atoms with Crippen molar-refractivity contribution >= 4 is 10.9 Å². The molecule has 1 aliphatic rings. The summed E-state index contributed by atoms with van der Waals surface area (Å²) < 4.78 is 2.25. The number of fused-ring (bicyclic) bond motifs is 1. The minimum atomic E-state index is 0.502. The molecule has 2 unspecified atom stereocenters. The van der Waals surface area contributed by atoms with E-state index in [4.69, 9.17) is 0 Å². The number of hydrogen-bond donors (Lipinski definition) is 1. The summed E-state index contributed by atoms with van der Waals surface area (Å²) in [5, 5.41) is 5.12. The average molecular weight is 345 g/mol. The van der Waals surface area contributed by atoms with Crippen molar-refractivity contribution in [2.24, 2.45) is 7.05 Å². The van der Waals surface area contributed by atoms with Crippen molar-refractivity contribution in [3.05, 3.63) is 84.1 Å². The molecule has 2 heterocycles. The largest absolute Gasteiger partial charge is 0.350 e. The molecule has 2 aromatic carbocycles. The molecule has 26 heavy (non-hydrogen) atoms. The molecule has 1 N–H and O–H groups in total. The predicted molar refractivity (Wildman–Crippen MR) is 111 cm³/mol. The summed E-state index contributed by atoms with van der Waals surface area (Å²) in [5.74, 6) is 0.502. The van der Waals surface area contributed by atoms with Crippen LogP contribution in [0.4, 0.5) is 0 Å². The molecule has 134 valence electrons. The minimum Gasteiger partial charge on any atom is -0.350 e. The molecule has 2 heteroatoms. The molecule has 0 amide bonds. The molecule has 0 fully saturated rings. The Bertz CT molecular complexity index is 876. The second kappa shape index (κ2) is 7.92. The van der Waals surface area contributed by atoms with E-state index in [-0.39, 0.29) is 0 Å². The lowest BCUT2D eigenvalue weighted by molar-refractivity contribution is 0.432. The van der Waals surface area contributed by atoms with Crippen LogP contribution in [-0.2, 0) is 13.5 Å².